The van der Waals surface area contributed by atoms with E-state index in [0.717, 1.165) is 24.3 Å². The van der Waals surface area contributed by atoms with Gasteiger partial charge in [-0.2, -0.15) is 15.0 Å². The first-order valence-electron chi connectivity index (χ1n) is 13.9. The van der Waals surface area contributed by atoms with Gasteiger partial charge in [-0.25, -0.2) is 0 Å². The molecule has 1 amide bonds. The summed E-state index contributed by atoms with van der Waals surface area (Å²) in [6.45, 7) is 2.75. The highest BCUT2D eigenvalue weighted by atomic mass is 16.5. The topological polar surface area (TPSA) is 132 Å². The van der Waals surface area contributed by atoms with Crippen LogP contribution in [0.4, 0.5) is 23.5 Å². The molecule has 3 aromatic rings. The van der Waals surface area contributed by atoms with Gasteiger partial charge in [-0.3, -0.25) is 4.79 Å². The smallest absolute Gasteiger partial charge is 0.251 e. The van der Waals surface area contributed by atoms with Gasteiger partial charge >= 0.3 is 0 Å². The predicted molar refractivity (Wildman–Crippen MR) is 156 cm³/mol. The van der Waals surface area contributed by atoms with Crippen molar-refractivity contribution in [2.45, 2.75) is 38.1 Å². The van der Waals surface area contributed by atoms with E-state index in [9.17, 15) is 4.79 Å². The van der Waals surface area contributed by atoms with Crippen LogP contribution < -0.4 is 26.0 Å². The molecule has 214 valence electrons. The van der Waals surface area contributed by atoms with Crippen LogP contribution in [0.5, 0.6) is 5.75 Å². The predicted octanol–water partition coefficient (Wildman–Crippen LogP) is 4.24. The van der Waals surface area contributed by atoms with Crippen molar-refractivity contribution in [1.82, 2.24) is 20.3 Å². The van der Waals surface area contributed by atoms with Crippen LogP contribution in [0.3, 0.4) is 0 Å². The molecule has 0 spiro atoms. The number of hydrogen-bond donors (Lipinski definition) is 4. The van der Waals surface area contributed by atoms with Gasteiger partial charge in [0, 0.05) is 30.4 Å². The normalized spacial score (nSPS) is 13.4. The van der Waals surface area contributed by atoms with Crippen molar-refractivity contribution < 1.29 is 19.0 Å². The lowest BCUT2D eigenvalue weighted by Gasteiger charge is -2.23. The molecule has 1 aromatic heterocycles. The molecule has 4 N–H and O–H groups in total. The molecule has 0 bridgehead atoms. The summed E-state index contributed by atoms with van der Waals surface area (Å²) in [6, 6.07) is 17.1. The molecular formula is C29H39N7O4. The Balaban J connectivity index is 1.18. The van der Waals surface area contributed by atoms with Crippen molar-refractivity contribution in [3.63, 3.8) is 0 Å². The van der Waals surface area contributed by atoms with E-state index in [0.29, 0.717) is 69.0 Å². The van der Waals surface area contributed by atoms with Crippen LogP contribution in [0.25, 0.3) is 0 Å². The fraction of sp³-hybridized carbons (Fsp3) is 0.448. The maximum atomic E-state index is 12.0. The number of methoxy groups -OCH3 is 1. The highest BCUT2D eigenvalue weighted by Crippen LogP contribution is 2.22. The Morgan fingerprint density at radius 2 is 1.48 bits per heavy atom. The number of ether oxygens (including phenoxy) is 3. The molecular weight excluding hydrogens is 510 g/mol. The highest BCUT2D eigenvalue weighted by molar-refractivity contribution is 5.94. The summed E-state index contributed by atoms with van der Waals surface area (Å²) in [7, 11) is 1.64. The molecule has 0 saturated heterocycles. The molecule has 0 unspecified atom stereocenters. The number of carbonyl (C=O) groups excluding carboxylic acids is 1. The van der Waals surface area contributed by atoms with Crippen LogP contribution in [0.1, 0.15) is 42.5 Å². The molecule has 1 heterocycles. The lowest BCUT2D eigenvalue weighted by atomic mass is 9.96. The summed E-state index contributed by atoms with van der Waals surface area (Å²) in [5.41, 5.74) is 1.49. The molecule has 0 aliphatic heterocycles. The molecule has 1 aliphatic rings. The average Bonchev–Trinajstić information content (AvgIpc) is 2.99. The Bertz CT molecular complexity index is 1160. The monoisotopic (exact) mass is 549 g/mol. The Kier molecular flexibility index (Phi) is 11.8. The van der Waals surface area contributed by atoms with Gasteiger partial charge in [-0.15, -0.1) is 0 Å². The molecule has 1 fully saturated rings. The molecule has 4 rings (SSSR count). The highest BCUT2D eigenvalue weighted by Gasteiger charge is 2.16. The Morgan fingerprint density at radius 1 is 0.800 bits per heavy atom. The van der Waals surface area contributed by atoms with Gasteiger partial charge in [0.1, 0.15) is 5.75 Å². The zero-order valence-electron chi connectivity index (χ0n) is 23.0. The summed E-state index contributed by atoms with van der Waals surface area (Å²) >= 11 is 0. The van der Waals surface area contributed by atoms with E-state index in [-0.39, 0.29) is 5.91 Å². The number of nitrogens with zero attached hydrogens (tertiary/aromatic N) is 3. The van der Waals surface area contributed by atoms with Crippen LogP contribution in [0.2, 0.25) is 0 Å². The van der Waals surface area contributed by atoms with Crippen LogP contribution in [0, 0.1) is 0 Å². The SMILES string of the molecule is COc1ccc(Nc2nc(NCCOCCOCCNC(=O)c3ccccc3)nc(NC3CCCCC3)n2)cc1. The lowest BCUT2D eigenvalue weighted by Crippen LogP contribution is -2.27. The van der Waals surface area contributed by atoms with Gasteiger partial charge in [-0.1, -0.05) is 37.5 Å². The number of rotatable bonds is 16. The van der Waals surface area contributed by atoms with Gasteiger partial charge < -0.3 is 35.5 Å². The molecule has 0 atom stereocenters. The van der Waals surface area contributed by atoms with E-state index in [1.165, 1.54) is 19.3 Å². The Labute approximate surface area is 235 Å². The molecule has 11 nitrogen and oxygen atoms in total. The van der Waals surface area contributed by atoms with Gasteiger partial charge in [0.2, 0.25) is 17.8 Å². The van der Waals surface area contributed by atoms with Crippen LogP contribution in [-0.2, 0) is 9.47 Å². The van der Waals surface area contributed by atoms with E-state index in [4.69, 9.17) is 14.2 Å². The minimum absolute atomic E-state index is 0.107. The Morgan fingerprint density at radius 3 is 2.20 bits per heavy atom. The molecule has 2 aromatic carbocycles. The maximum Gasteiger partial charge on any atom is 0.251 e. The summed E-state index contributed by atoms with van der Waals surface area (Å²) in [5, 5.41) is 12.8. The second kappa shape index (κ2) is 16.2. The van der Waals surface area contributed by atoms with Crippen LogP contribution >= 0.6 is 0 Å². The third kappa shape index (κ3) is 9.97. The van der Waals surface area contributed by atoms with E-state index >= 15 is 0 Å². The summed E-state index contributed by atoms with van der Waals surface area (Å²) < 4.78 is 16.4. The second-order valence-corrected chi connectivity index (χ2v) is 9.41. The van der Waals surface area contributed by atoms with E-state index in [1.807, 2.05) is 42.5 Å². The first kappa shape index (κ1) is 29.0. The number of aromatic nitrogens is 3. The Hall–Kier alpha value is -3.96. The summed E-state index contributed by atoms with van der Waals surface area (Å²) in [5.74, 6) is 2.15. The minimum Gasteiger partial charge on any atom is -0.497 e. The minimum atomic E-state index is -0.107. The van der Waals surface area contributed by atoms with E-state index in [1.54, 1.807) is 19.2 Å². The maximum absolute atomic E-state index is 12.0. The average molecular weight is 550 g/mol. The van der Waals surface area contributed by atoms with Crippen molar-refractivity contribution in [2.75, 3.05) is 62.6 Å². The summed E-state index contributed by atoms with van der Waals surface area (Å²) in [4.78, 5) is 25.7. The zero-order chi connectivity index (χ0) is 27.8. The first-order valence-corrected chi connectivity index (χ1v) is 13.9. The zero-order valence-corrected chi connectivity index (χ0v) is 23.0. The quantitative estimate of drug-likeness (QED) is 0.192. The van der Waals surface area contributed by atoms with Crippen molar-refractivity contribution in [2.24, 2.45) is 0 Å². The van der Waals surface area contributed by atoms with Crippen molar-refractivity contribution >= 4 is 29.4 Å². The summed E-state index contributed by atoms with van der Waals surface area (Å²) in [6.07, 6.45) is 5.95. The third-order valence-electron chi connectivity index (χ3n) is 6.39. The lowest BCUT2D eigenvalue weighted by molar-refractivity contribution is 0.0519. The van der Waals surface area contributed by atoms with Crippen molar-refractivity contribution in [3.8, 4) is 5.75 Å². The van der Waals surface area contributed by atoms with Gasteiger partial charge in [-0.05, 0) is 49.2 Å². The number of hydrogen-bond acceptors (Lipinski definition) is 10. The second-order valence-electron chi connectivity index (χ2n) is 9.41. The van der Waals surface area contributed by atoms with Gasteiger partial charge in [0.15, 0.2) is 0 Å². The molecule has 1 aliphatic carbocycles. The third-order valence-corrected chi connectivity index (χ3v) is 6.39. The number of benzene rings is 2. The number of nitrogens with one attached hydrogen (secondary N) is 4. The fourth-order valence-electron chi connectivity index (χ4n) is 4.29. The first-order chi connectivity index (χ1) is 19.7. The largest absolute Gasteiger partial charge is 0.497 e. The van der Waals surface area contributed by atoms with Crippen molar-refractivity contribution in [1.29, 1.82) is 0 Å². The van der Waals surface area contributed by atoms with Gasteiger partial charge in [0.05, 0.1) is 33.5 Å². The molecule has 0 radical (unpaired) electrons. The number of amides is 1. The standard InChI is InChI=1S/C29H39N7O4/c1-38-25-14-12-24(13-15-25)33-29-35-27(34-28(36-29)32-23-10-6-3-7-11-23)31-17-19-40-21-20-39-18-16-30-26(37)22-8-4-2-5-9-22/h2,4-5,8-9,12-15,23H,3,6-7,10-11,16-21H2,1H3,(H,30,37)(H3,31,32,33,34,35,36). The number of carbonyl (C=O) groups is 1. The van der Waals surface area contributed by atoms with Crippen molar-refractivity contribution in [3.05, 3.63) is 60.2 Å². The van der Waals surface area contributed by atoms with Crippen LogP contribution in [0.15, 0.2) is 54.6 Å². The fourth-order valence-corrected chi connectivity index (χ4v) is 4.29. The van der Waals surface area contributed by atoms with E-state index in [2.05, 4.69) is 36.2 Å². The molecule has 40 heavy (non-hydrogen) atoms. The molecule has 11 heteroatoms. The number of anilines is 4. The van der Waals surface area contributed by atoms with Crippen LogP contribution in [-0.4, -0.2) is 73.5 Å². The molecule has 1 saturated carbocycles. The van der Waals surface area contributed by atoms with Gasteiger partial charge in [0.25, 0.3) is 5.91 Å². The van der Waals surface area contributed by atoms with E-state index < -0.39 is 0 Å².